The SMILES string of the molecule is CCn1ccc(CNC(=S)Nc2c(C)nn(Cc3ccccc3C)c2C)n1. The van der Waals surface area contributed by atoms with E-state index < -0.39 is 0 Å². The number of anilines is 1. The lowest BCUT2D eigenvalue weighted by atomic mass is 10.1. The van der Waals surface area contributed by atoms with Crippen LogP contribution in [0.1, 0.15) is 35.1 Å². The van der Waals surface area contributed by atoms with E-state index in [4.69, 9.17) is 12.2 Å². The highest BCUT2D eigenvalue weighted by atomic mass is 32.1. The highest BCUT2D eigenvalue weighted by molar-refractivity contribution is 7.80. The zero-order valence-corrected chi connectivity index (χ0v) is 17.1. The average Bonchev–Trinajstić information content (AvgIpc) is 3.22. The molecule has 0 saturated heterocycles. The van der Waals surface area contributed by atoms with Crippen LogP contribution in [0.25, 0.3) is 0 Å². The van der Waals surface area contributed by atoms with Crippen LogP contribution in [0, 0.1) is 20.8 Å². The van der Waals surface area contributed by atoms with Gasteiger partial charge < -0.3 is 10.6 Å². The maximum atomic E-state index is 5.46. The zero-order valence-electron chi connectivity index (χ0n) is 16.3. The van der Waals surface area contributed by atoms with Crippen molar-refractivity contribution in [3.63, 3.8) is 0 Å². The van der Waals surface area contributed by atoms with Crippen LogP contribution in [0.3, 0.4) is 0 Å². The van der Waals surface area contributed by atoms with Crippen molar-refractivity contribution in [2.45, 2.75) is 47.3 Å². The molecule has 142 valence electrons. The Morgan fingerprint density at radius 2 is 1.89 bits per heavy atom. The second-order valence-electron chi connectivity index (χ2n) is 6.60. The summed E-state index contributed by atoms with van der Waals surface area (Å²) in [5, 5.41) is 16.2. The lowest BCUT2D eigenvalue weighted by Gasteiger charge is -2.11. The van der Waals surface area contributed by atoms with Crippen LogP contribution in [-0.2, 0) is 19.6 Å². The third-order valence-electron chi connectivity index (χ3n) is 4.65. The third-order valence-corrected chi connectivity index (χ3v) is 4.90. The number of aryl methyl sites for hydroxylation is 3. The predicted molar refractivity (Wildman–Crippen MR) is 113 cm³/mol. The summed E-state index contributed by atoms with van der Waals surface area (Å²) >= 11 is 5.46. The van der Waals surface area contributed by atoms with Crippen LogP contribution in [0.2, 0.25) is 0 Å². The first-order chi connectivity index (χ1) is 13.0. The fourth-order valence-corrected chi connectivity index (χ4v) is 3.16. The molecular formula is C20H26N6S. The molecule has 6 nitrogen and oxygen atoms in total. The molecule has 0 spiro atoms. The van der Waals surface area contributed by atoms with Gasteiger partial charge in [0, 0.05) is 12.7 Å². The summed E-state index contributed by atoms with van der Waals surface area (Å²) < 4.78 is 3.92. The zero-order chi connectivity index (χ0) is 19.4. The molecule has 0 bridgehead atoms. The van der Waals surface area contributed by atoms with E-state index in [1.807, 2.05) is 28.6 Å². The first-order valence-electron chi connectivity index (χ1n) is 9.13. The molecule has 0 aliphatic carbocycles. The average molecular weight is 383 g/mol. The van der Waals surface area contributed by atoms with Crippen molar-refractivity contribution in [1.29, 1.82) is 0 Å². The number of hydrogen-bond donors (Lipinski definition) is 2. The maximum Gasteiger partial charge on any atom is 0.171 e. The Morgan fingerprint density at radius 3 is 2.59 bits per heavy atom. The Labute approximate surface area is 165 Å². The predicted octanol–water partition coefficient (Wildman–Crippen LogP) is 3.56. The van der Waals surface area contributed by atoms with Gasteiger partial charge in [0.05, 0.1) is 35.9 Å². The number of aromatic nitrogens is 4. The minimum absolute atomic E-state index is 0.572. The van der Waals surface area contributed by atoms with Gasteiger partial charge in [-0.05, 0) is 57.1 Å². The molecule has 0 aliphatic rings. The van der Waals surface area contributed by atoms with Crippen molar-refractivity contribution >= 4 is 23.0 Å². The number of thiocarbonyl (C=S) groups is 1. The molecule has 2 heterocycles. The Morgan fingerprint density at radius 1 is 1.11 bits per heavy atom. The van der Waals surface area contributed by atoms with E-state index in [0.717, 1.165) is 35.9 Å². The van der Waals surface area contributed by atoms with Crippen molar-refractivity contribution in [1.82, 2.24) is 24.9 Å². The van der Waals surface area contributed by atoms with Gasteiger partial charge in [0.1, 0.15) is 0 Å². The minimum Gasteiger partial charge on any atom is -0.357 e. The number of nitrogens with one attached hydrogen (secondary N) is 2. The summed E-state index contributed by atoms with van der Waals surface area (Å²) in [7, 11) is 0. The van der Waals surface area contributed by atoms with E-state index in [9.17, 15) is 0 Å². The van der Waals surface area contributed by atoms with Crippen LogP contribution in [0.15, 0.2) is 36.5 Å². The Hall–Kier alpha value is -2.67. The number of benzene rings is 1. The second-order valence-corrected chi connectivity index (χ2v) is 7.01. The van der Waals surface area contributed by atoms with Gasteiger partial charge >= 0.3 is 0 Å². The summed E-state index contributed by atoms with van der Waals surface area (Å²) in [5.41, 5.74) is 6.45. The minimum atomic E-state index is 0.572. The molecule has 2 aromatic heterocycles. The van der Waals surface area contributed by atoms with Gasteiger partial charge in [0.25, 0.3) is 0 Å². The fraction of sp³-hybridized carbons (Fsp3) is 0.350. The molecule has 0 radical (unpaired) electrons. The van der Waals surface area contributed by atoms with E-state index in [1.54, 1.807) is 0 Å². The van der Waals surface area contributed by atoms with E-state index in [1.165, 1.54) is 11.1 Å². The smallest absolute Gasteiger partial charge is 0.171 e. The monoisotopic (exact) mass is 382 g/mol. The van der Waals surface area contributed by atoms with Gasteiger partial charge in [-0.3, -0.25) is 9.36 Å². The molecule has 0 atom stereocenters. The quantitative estimate of drug-likeness (QED) is 0.639. The van der Waals surface area contributed by atoms with Crippen molar-refractivity contribution in [2.75, 3.05) is 5.32 Å². The molecule has 0 aliphatic heterocycles. The van der Waals surface area contributed by atoms with E-state index >= 15 is 0 Å². The first-order valence-corrected chi connectivity index (χ1v) is 9.54. The van der Waals surface area contributed by atoms with Gasteiger partial charge in [-0.15, -0.1) is 0 Å². The van der Waals surface area contributed by atoms with Gasteiger partial charge in [-0.2, -0.15) is 10.2 Å². The molecular weight excluding hydrogens is 356 g/mol. The molecule has 0 fully saturated rings. The first kappa shape index (κ1) is 19.1. The van der Waals surface area contributed by atoms with Gasteiger partial charge in [0.15, 0.2) is 5.11 Å². The van der Waals surface area contributed by atoms with Crippen molar-refractivity contribution in [2.24, 2.45) is 0 Å². The molecule has 2 N–H and O–H groups in total. The van der Waals surface area contributed by atoms with Crippen LogP contribution >= 0.6 is 12.2 Å². The Balaban J connectivity index is 1.65. The molecule has 0 unspecified atom stereocenters. The molecule has 1 aromatic carbocycles. The maximum absolute atomic E-state index is 5.46. The van der Waals surface area contributed by atoms with Gasteiger partial charge in [0.2, 0.25) is 0 Å². The van der Waals surface area contributed by atoms with E-state index in [-0.39, 0.29) is 0 Å². The number of rotatable bonds is 6. The van der Waals surface area contributed by atoms with E-state index in [2.05, 4.69) is 65.9 Å². The topological polar surface area (TPSA) is 59.7 Å². The van der Waals surface area contributed by atoms with Crippen LogP contribution in [-0.4, -0.2) is 24.7 Å². The molecule has 3 aromatic rings. The fourth-order valence-electron chi connectivity index (χ4n) is 2.98. The van der Waals surface area contributed by atoms with Crippen LogP contribution < -0.4 is 10.6 Å². The summed E-state index contributed by atoms with van der Waals surface area (Å²) in [5.74, 6) is 0. The lowest BCUT2D eigenvalue weighted by Crippen LogP contribution is -2.28. The largest absolute Gasteiger partial charge is 0.357 e. The number of nitrogens with zero attached hydrogens (tertiary/aromatic N) is 4. The summed E-state index contributed by atoms with van der Waals surface area (Å²) in [4.78, 5) is 0. The van der Waals surface area contributed by atoms with Crippen LogP contribution in [0.4, 0.5) is 5.69 Å². The van der Waals surface area contributed by atoms with Crippen molar-refractivity contribution < 1.29 is 0 Å². The Bertz CT molecular complexity index is 940. The molecule has 3 rings (SSSR count). The van der Waals surface area contributed by atoms with Gasteiger partial charge in [-0.25, -0.2) is 0 Å². The lowest BCUT2D eigenvalue weighted by molar-refractivity contribution is 0.643. The highest BCUT2D eigenvalue weighted by Gasteiger charge is 2.13. The summed E-state index contributed by atoms with van der Waals surface area (Å²) in [6.07, 6.45) is 1.97. The van der Waals surface area contributed by atoms with Crippen LogP contribution in [0.5, 0.6) is 0 Å². The second kappa shape index (κ2) is 8.35. The van der Waals surface area contributed by atoms with Crippen molar-refractivity contribution in [3.8, 4) is 0 Å². The normalized spacial score (nSPS) is 10.8. The molecule has 7 heteroatoms. The standard InChI is InChI=1S/C20H26N6S/c1-5-25-11-10-18(24-25)12-21-20(27)22-19-15(3)23-26(16(19)4)13-17-9-7-6-8-14(17)2/h6-11H,5,12-13H2,1-4H3,(H2,21,22,27). The van der Waals surface area contributed by atoms with E-state index in [0.29, 0.717) is 11.7 Å². The number of hydrogen-bond acceptors (Lipinski definition) is 3. The summed E-state index contributed by atoms with van der Waals surface area (Å²) in [6.45, 7) is 10.4. The Kier molecular flexibility index (Phi) is 5.91. The van der Waals surface area contributed by atoms with Crippen molar-refractivity contribution in [3.05, 3.63) is 64.7 Å². The summed E-state index contributed by atoms with van der Waals surface area (Å²) in [6, 6.07) is 10.4. The third kappa shape index (κ3) is 4.54. The molecule has 27 heavy (non-hydrogen) atoms. The molecule has 0 amide bonds. The molecule has 0 saturated carbocycles. The van der Waals surface area contributed by atoms with Gasteiger partial charge in [-0.1, -0.05) is 24.3 Å². The highest BCUT2D eigenvalue weighted by Crippen LogP contribution is 2.21.